The van der Waals surface area contributed by atoms with Crippen molar-refractivity contribution >= 4 is 5.97 Å². The molecule has 0 amide bonds. The van der Waals surface area contributed by atoms with E-state index in [0.29, 0.717) is 18.1 Å². The molecule has 0 spiro atoms. The highest BCUT2D eigenvalue weighted by molar-refractivity contribution is 5.89. The summed E-state index contributed by atoms with van der Waals surface area (Å²) in [6.45, 7) is 4.51. The Kier molecular flexibility index (Phi) is 3.79. The molecule has 1 atom stereocenters. The Balaban J connectivity index is 2.05. The molecule has 1 aromatic carbocycles. The van der Waals surface area contributed by atoms with Crippen molar-refractivity contribution in [1.29, 1.82) is 0 Å². The lowest BCUT2D eigenvalue weighted by atomic mass is 9.97. The van der Waals surface area contributed by atoms with Crippen LogP contribution in [0.4, 0.5) is 0 Å². The summed E-state index contributed by atoms with van der Waals surface area (Å²) in [5, 5.41) is 0. The molecule has 0 aromatic heterocycles. The SMILES string of the molecule is CCOC(=O)c1ccc(C2CCN(C)C2)cc1. The molecule has 1 fully saturated rings. The predicted molar refractivity (Wildman–Crippen MR) is 67.3 cm³/mol. The number of esters is 1. The normalized spacial score (nSPS) is 20.5. The molecule has 0 saturated carbocycles. The minimum Gasteiger partial charge on any atom is -0.462 e. The molecule has 0 aliphatic carbocycles. The first kappa shape index (κ1) is 12.1. The minimum absolute atomic E-state index is 0.234. The van der Waals surface area contributed by atoms with E-state index < -0.39 is 0 Å². The number of nitrogens with zero attached hydrogens (tertiary/aromatic N) is 1. The summed E-state index contributed by atoms with van der Waals surface area (Å²) in [5.74, 6) is 0.374. The Morgan fingerprint density at radius 1 is 1.41 bits per heavy atom. The summed E-state index contributed by atoms with van der Waals surface area (Å²) in [7, 11) is 2.15. The lowest BCUT2D eigenvalue weighted by molar-refractivity contribution is 0.0526. The highest BCUT2D eigenvalue weighted by Crippen LogP contribution is 2.26. The van der Waals surface area contributed by atoms with E-state index in [1.807, 2.05) is 19.1 Å². The van der Waals surface area contributed by atoms with E-state index >= 15 is 0 Å². The summed E-state index contributed by atoms with van der Waals surface area (Å²) in [5.41, 5.74) is 1.96. The van der Waals surface area contributed by atoms with Crippen LogP contribution in [0.25, 0.3) is 0 Å². The van der Waals surface area contributed by atoms with Crippen molar-refractivity contribution in [2.45, 2.75) is 19.3 Å². The van der Waals surface area contributed by atoms with E-state index in [1.165, 1.54) is 12.0 Å². The molecule has 92 valence electrons. The second-order valence-electron chi connectivity index (χ2n) is 4.59. The van der Waals surface area contributed by atoms with Gasteiger partial charge in [-0.05, 0) is 50.6 Å². The molecule has 17 heavy (non-hydrogen) atoms. The lowest BCUT2D eigenvalue weighted by Crippen LogP contribution is -2.13. The number of ether oxygens (including phenoxy) is 1. The van der Waals surface area contributed by atoms with E-state index in [0.717, 1.165) is 13.1 Å². The number of carbonyl (C=O) groups excluding carboxylic acids is 1. The first-order valence-corrected chi connectivity index (χ1v) is 6.16. The van der Waals surface area contributed by atoms with Crippen LogP contribution in [0.2, 0.25) is 0 Å². The van der Waals surface area contributed by atoms with Crippen LogP contribution in [0.3, 0.4) is 0 Å². The third-order valence-corrected chi connectivity index (χ3v) is 3.28. The van der Waals surface area contributed by atoms with Crippen LogP contribution in [0.5, 0.6) is 0 Å². The maximum absolute atomic E-state index is 11.5. The number of likely N-dealkylation sites (tertiary alicyclic amines) is 1. The van der Waals surface area contributed by atoms with Gasteiger partial charge in [0.15, 0.2) is 0 Å². The van der Waals surface area contributed by atoms with Crippen molar-refractivity contribution in [3.63, 3.8) is 0 Å². The Bertz CT molecular complexity index is 386. The zero-order chi connectivity index (χ0) is 12.3. The first-order chi connectivity index (χ1) is 8.20. The zero-order valence-electron chi connectivity index (χ0n) is 10.5. The molecule has 3 nitrogen and oxygen atoms in total. The van der Waals surface area contributed by atoms with Crippen LogP contribution in [-0.4, -0.2) is 37.6 Å². The minimum atomic E-state index is -0.234. The molecule has 0 N–H and O–H groups in total. The van der Waals surface area contributed by atoms with Gasteiger partial charge in [-0.2, -0.15) is 0 Å². The maximum atomic E-state index is 11.5. The van der Waals surface area contributed by atoms with Crippen LogP contribution in [-0.2, 0) is 4.74 Å². The van der Waals surface area contributed by atoms with Crippen molar-refractivity contribution in [2.75, 3.05) is 26.7 Å². The number of hydrogen-bond acceptors (Lipinski definition) is 3. The third kappa shape index (κ3) is 2.86. The Hall–Kier alpha value is -1.35. The molecule has 1 aromatic rings. The van der Waals surface area contributed by atoms with E-state index in [2.05, 4.69) is 24.1 Å². The van der Waals surface area contributed by atoms with E-state index in [4.69, 9.17) is 4.74 Å². The largest absolute Gasteiger partial charge is 0.462 e. The average Bonchev–Trinajstić information content (AvgIpc) is 2.76. The van der Waals surface area contributed by atoms with Crippen molar-refractivity contribution < 1.29 is 9.53 Å². The standard InChI is InChI=1S/C14H19NO2/c1-3-17-14(16)12-6-4-11(5-7-12)13-8-9-15(2)10-13/h4-7,13H,3,8-10H2,1-2H3. The van der Waals surface area contributed by atoms with Gasteiger partial charge in [-0.3, -0.25) is 0 Å². The van der Waals surface area contributed by atoms with E-state index in [9.17, 15) is 4.79 Å². The van der Waals surface area contributed by atoms with Gasteiger partial charge in [0.05, 0.1) is 12.2 Å². The monoisotopic (exact) mass is 233 g/mol. The highest BCUT2D eigenvalue weighted by Gasteiger charge is 2.21. The molecule has 1 saturated heterocycles. The second-order valence-corrected chi connectivity index (χ2v) is 4.59. The summed E-state index contributed by atoms with van der Waals surface area (Å²) in [6, 6.07) is 7.84. The fourth-order valence-corrected chi connectivity index (χ4v) is 2.31. The molecule has 3 heteroatoms. The molecule has 0 bridgehead atoms. The number of carbonyl (C=O) groups is 1. The molecule has 1 heterocycles. The summed E-state index contributed by atoms with van der Waals surface area (Å²) >= 11 is 0. The summed E-state index contributed by atoms with van der Waals surface area (Å²) in [6.07, 6.45) is 1.20. The van der Waals surface area contributed by atoms with Gasteiger partial charge in [0.2, 0.25) is 0 Å². The molecule has 1 unspecified atom stereocenters. The first-order valence-electron chi connectivity index (χ1n) is 6.16. The van der Waals surface area contributed by atoms with E-state index in [-0.39, 0.29) is 5.97 Å². The summed E-state index contributed by atoms with van der Waals surface area (Å²) < 4.78 is 4.96. The van der Waals surface area contributed by atoms with Gasteiger partial charge >= 0.3 is 5.97 Å². The quantitative estimate of drug-likeness (QED) is 0.750. The van der Waals surface area contributed by atoms with Crippen molar-refractivity contribution in [2.24, 2.45) is 0 Å². The van der Waals surface area contributed by atoms with Crippen LogP contribution in [0, 0.1) is 0 Å². The fourth-order valence-electron chi connectivity index (χ4n) is 2.31. The van der Waals surface area contributed by atoms with Gasteiger partial charge in [0, 0.05) is 6.54 Å². The Labute approximate surface area is 102 Å². The van der Waals surface area contributed by atoms with Gasteiger partial charge in [-0.25, -0.2) is 4.79 Å². The molecular weight excluding hydrogens is 214 g/mol. The highest BCUT2D eigenvalue weighted by atomic mass is 16.5. The Morgan fingerprint density at radius 2 is 2.12 bits per heavy atom. The van der Waals surface area contributed by atoms with Gasteiger partial charge < -0.3 is 9.64 Å². The number of hydrogen-bond donors (Lipinski definition) is 0. The van der Waals surface area contributed by atoms with Crippen molar-refractivity contribution in [3.8, 4) is 0 Å². The van der Waals surface area contributed by atoms with Crippen molar-refractivity contribution in [1.82, 2.24) is 4.90 Å². The molecular formula is C14H19NO2. The smallest absolute Gasteiger partial charge is 0.338 e. The molecule has 0 radical (unpaired) electrons. The van der Waals surface area contributed by atoms with Gasteiger partial charge in [-0.15, -0.1) is 0 Å². The lowest BCUT2D eigenvalue weighted by Gasteiger charge is -2.11. The molecule has 2 rings (SSSR count). The zero-order valence-corrected chi connectivity index (χ0v) is 10.5. The number of rotatable bonds is 3. The molecule has 1 aliphatic heterocycles. The fraction of sp³-hybridized carbons (Fsp3) is 0.500. The van der Waals surface area contributed by atoms with Crippen LogP contribution < -0.4 is 0 Å². The van der Waals surface area contributed by atoms with Gasteiger partial charge in [0.1, 0.15) is 0 Å². The van der Waals surface area contributed by atoms with Crippen LogP contribution in [0.15, 0.2) is 24.3 Å². The second kappa shape index (κ2) is 5.32. The third-order valence-electron chi connectivity index (χ3n) is 3.28. The maximum Gasteiger partial charge on any atom is 0.338 e. The average molecular weight is 233 g/mol. The number of likely N-dealkylation sites (N-methyl/N-ethyl adjacent to an activating group) is 1. The van der Waals surface area contributed by atoms with Gasteiger partial charge in [0.25, 0.3) is 0 Å². The van der Waals surface area contributed by atoms with Gasteiger partial charge in [-0.1, -0.05) is 12.1 Å². The van der Waals surface area contributed by atoms with Crippen molar-refractivity contribution in [3.05, 3.63) is 35.4 Å². The molecule has 1 aliphatic rings. The Morgan fingerprint density at radius 3 is 2.65 bits per heavy atom. The topological polar surface area (TPSA) is 29.5 Å². The van der Waals surface area contributed by atoms with Crippen LogP contribution >= 0.6 is 0 Å². The summed E-state index contributed by atoms with van der Waals surface area (Å²) in [4.78, 5) is 13.8. The number of benzene rings is 1. The predicted octanol–water partition coefficient (Wildman–Crippen LogP) is 2.28. The van der Waals surface area contributed by atoms with E-state index in [1.54, 1.807) is 0 Å². The van der Waals surface area contributed by atoms with Crippen LogP contribution in [0.1, 0.15) is 35.2 Å².